The molecule has 0 aliphatic heterocycles. The van der Waals surface area contributed by atoms with Crippen molar-refractivity contribution < 1.29 is 22.2 Å². The molecule has 0 radical (unpaired) electrons. The molecule has 0 aliphatic carbocycles. The van der Waals surface area contributed by atoms with Crippen molar-refractivity contribution in [1.82, 2.24) is 0 Å². The smallest absolute Gasteiger partial charge is 0.264 e. The van der Waals surface area contributed by atoms with Crippen LogP contribution >= 0.6 is 0 Å². The molecule has 19 heavy (non-hydrogen) atoms. The molecule has 0 unspecified atom stereocenters. The summed E-state index contributed by atoms with van der Waals surface area (Å²) in [5.74, 6) is 0. The van der Waals surface area contributed by atoms with Crippen LogP contribution in [0.15, 0.2) is 5.16 Å². The Hall–Kier alpha value is -0.660. The highest BCUT2D eigenvalue weighted by Crippen LogP contribution is 2.06. The molecule has 7 heteroatoms. The second-order valence-corrected chi connectivity index (χ2v) is 6.96. The minimum atomic E-state index is -3.33. The van der Waals surface area contributed by atoms with Crippen LogP contribution in [0.5, 0.6) is 0 Å². The van der Waals surface area contributed by atoms with E-state index in [1.54, 1.807) is 0 Å². The highest BCUT2D eigenvalue weighted by atomic mass is 32.2. The van der Waals surface area contributed by atoms with E-state index in [2.05, 4.69) is 9.34 Å². The number of hydrogen-bond donors (Lipinski definition) is 0. The van der Waals surface area contributed by atoms with E-state index in [9.17, 15) is 8.42 Å². The molecule has 0 bridgehead atoms. The monoisotopic (exact) mass is 295 g/mol. The maximum atomic E-state index is 10.7. The molecule has 0 fully saturated rings. The molecule has 0 amide bonds. The van der Waals surface area contributed by atoms with Gasteiger partial charge in [0.25, 0.3) is 10.1 Å². The Morgan fingerprint density at radius 2 is 1.74 bits per heavy atom. The molecule has 0 aromatic rings. The van der Waals surface area contributed by atoms with Crippen LogP contribution in [0.4, 0.5) is 0 Å². The molecule has 0 aromatic carbocycles. The highest BCUT2D eigenvalue weighted by molar-refractivity contribution is 7.85. The van der Waals surface area contributed by atoms with Gasteiger partial charge >= 0.3 is 0 Å². The Kier molecular flexibility index (Phi) is 8.20. The van der Waals surface area contributed by atoms with E-state index in [1.165, 1.54) is 0 Å². The number of oxime groups is 1. The zero-order valence-electron chi connectivity index (χ0n) is 12.4. The lowest BCUT2D eigenvalue weighted by molar-refractivity contribution is -0.000662. The van der Waals surface area contributed by atoms with E-state index < -0.39 is 10.1 Å². The molecule has 0 saturated carbocycles. The van der Waals surface area contributed by atoms with Crippen molar-refractivity contribution in [3.8, 4) is 0 Å². The number of hydrogen-bond acceptors (Lipinski definition) is 6. The number of nitrogens with zero attached hydrogens (tertiary/aromatic N) is 1. The average Bonchev–Trinajstić information content (AvgIpc) is 2.22. The Morgan fingerprint density at radius 1 is 1.16 bits per heavy atom. The van der Waals surface area contributed by atoms with Crippen molar-refractivity contribution >= 4 is 15.8 Å². The predicted molar refractivity (Wildman–Crippen MR) is 74.8 cm³/mol. The van der Waals surface area contributed by atoms with Gasteiger partial charge in [-0.25, -0.2) is 0 Å². The number of rotatable bonds is 9. The molecule has 0 N–H and O–H groups in total. The summed E-state index contributed by atoms with van der Waals surface area (Å²) in [6.45, 7) is 8.74. The van der Waals surface area contributed by atoms with Crippen molar-refractivity contribution in [1.29, 1.82) is 0 Å². The van der Waals surface area contributed by atoms with Gasteiger partial charge in [-0.1, -0.05) is 5.16 Å². The first-order valence-electron chi connectivity index (χ1n) is 6.24. The van der Waals surface area contributed by atoms with Crippen molar-refractivity contribution in [2.24, 2.45) is 5.16 Å². The average molecular weight is 295 g/mol. The maximum Gasteiger partial charge on any atom is 0.264 e. The fraction of sp³-hybridized carbons (Fsp3) is 0.917. The lowest BCUT2D eigenvalue weighted by Gasteiger charge is -2.16. The lowest BCUT2D eigenvalue weighted by Crippen LogP contribution is -2.17. The van der Waals surface area contributed by atoms with E-state index in [1.807, 2.05) is 27.7 Å². The molecule has 0 rings (SSSR count). The lowest BCUT2D eigenvalue weighted by atomic mass is 10.2. The van der Waals surface area contributed by atoms with Crippen LogP contribution in [-0.2, 0) is 23.9 Å². The molecule has 0 saturated heterocycles. The second kappa shape index (κ2) is 8.50. The zero-order valence-corrected chi connectivity index (χ0v) is 13.2. The van der Waals surface area contributed by atoms with Gasteiger partial charge in [0, 0.05) is 6.61 Å². The fourth-order valence-corrected chi connectivity index (χ4v) is 1.40. The fourth-order valence-electron chi connectivity index (χ4n) is 0.978. The zero-order chi connectivity index (χ0) is 14.9. The first-order chi connectivity index (χ1) is 8.60. The minimum Gasteiger partial charge on any atom is -0.390 e. The summed E-state index contributed by atoms with van der Waals surface area (Å²) < 4.78 is 31.3. The second-order valence-electron chi connectivity index (χ2n) is 5.32. The van der Waals surface area contributed by atoms with Crippen molar-refractivity contribution in [3.05, 3.63) is 0 Å². The summed E-state index contributed by atoms with van der Waals surface area (Å²) >= 11 is 0. The molecule has 0 aliphatic rings. The molecular weight excluding hydrogens is 270 g/mol. The summed E-state index contributed by atoms with van der Waals surface area (Å²) in [4.78, 5) is 5.25. The number of unbranched alkanes of at least 4 members (excludes halogenated alkanes) is 1. The summed E-state index contributed by atoms with van der Waals surface area (Å²) in [5, 5.41) is 3.95. The maximum absolute atomic E-state index is 10.7. The van der Waals surface area contributed by atoms with Gasteiger partial charge in [-0.3, -0.25) is 4.18 Å². The summed E-state index contributed by atoms with van der Waals surface area (Å²) in [6, 6.07) is 0. The predicted octanol–water partition coefficient (Wildman–Crippen LogP) is 1.95. The standard InChI is InChI=1S/C12H25NO5S/c1-11(13-18-12(2,3)4)10-16-8-6-7-9-17-19(5,14)15/h6-10H2,1-5H3. The molecule has 0 spiro atoms. The van der Waals surface area contributed by atoms with Gasteiger partial charge in [0.1, 0.15) is 5.60 Å². The Balaban J connectivity index is 3.54. The Morgan fingerprint density at radius 3 is 2.26 bits per heavy atom. The quantitative estimate of drug-likeness (QED) is 0.281. The van der Waals surface area contributed by atoms with E-state index in [-0.39, 0.29) is 12.2 Å². The summed E-state index contributed by atoms with van der Waals surface area (Å²) in [5.41, 5.74) is 0.465. The van der Waals surface area contributed by atoms with Gasteiger partial charge in [-0.05, 0) is 40.5 Å². The molecule has 6 nitrogen and oxygen atoms in total. The third-order valence-corrected chi connectivity index (χ3v) is 2.36. The van der Waals surface area contributed by atoms with Crippen LogP contribution in [0.1, 0.15) is 40.5 Å². The summed E-state index contributed by atoms with van der Waals surface area (Å²) in [7, 11) is -3.33. The normalized spacial score (nSPS) is 13.6. The van der Waals surface area contributed by atoms with Crippen LogP contribution in [0.3, 0.4) is 0 Å². The largest absolute Gasteiger partial charge is 0.390 e. The van der Waals surface area contributed by atoms with Crippen LogP contribution in [0.2, 0.25) is 0 Å². The Bertz CT molecular complexity index is 370. The molecular formula is C12H25NO5S. The van der Waals surface area contributed by atoms with Gasteiger partial charge in [0.2, 0.25) is 0 Å². The van der Waals surface area contributed by atoms with Gasteiger partial charge < -0.3 is 9.57 Å². The van der Waals surface area contributed by atoms with E-state index in [0.717, 1.165) is 18.4 Å². The first-order valence-corrected chi connectivity index (χ1v) is 8.05. The topological polar surface area (TPSA) is 74.2 Å². The third-order valence-electron chi connectivity index (χ3n) is 1.77. The minimum absolute atomic E-state index is 0.197. The van der Waals surface area contributed by atoms with Gasteiger partial charge in [-0.2, -0.15) is 8.42 Å². The van der Waals surface area contributed by atoms with Gasteiger partial charge in [0.15, 0.2) is 0 Å². The van der Waals surface area contributed by atoms with Crippen LogP contribution < -0.4 is 0 Å². The summed E-state index contributed by atoms with van der Waals surface area (Å²) in [6.07, 6.45) is 2.42. The van der Waals surface area contributed by atoms with E-state index >= 15 is 0 Å². The van der Waals surface area contributed by atoms with Gasteiger partial charge in [0.05, 0.1) is 25.2 Å². The molecule has 0 atom stereocenters. The van der Waals surface area contributed by atoms with Crippen LogP contribution in [0, 0.1) is 0 Å². The van der Waals surface area contributed by atoms with Crippen molar-refractivity contribution in [2.45, 2.75) is 46.1 Å². The van der Waals surface area contributed by atoms with Crippen molar-refractivity contribution in [3.63, 3.8) is 0 Å². The highest BCUT2D eigenvalue weighted by Gasteiger charge is 2.10. The van der Waals surface area contributed by atoms with Gasteiger partial charge in [-0.15, -0.1) is 0 Å². The van der Waals surface area contributed by atoms with Crippen LogP contribution in [-0.4, -0.2) is 45.8 Å². The van der Waals surface area contributed by atoms with Crippen molar-refractivity contribution in [2.75, 3.05) is 26.1 Å². The van der Waals surface area contributed by atoms with E-state index in [4.69, 9.17) is 9.57 Å². The van der Waals surface area contributed by atoms with Crippen LogP contribution in [0.25, 0.3) is 0 Å². The Labute approximate surface area is 116 Å². The van der Waals surface area contributed by atoms with E-state index in [0.29, 0.717) is 19.6 Å². The molecule has 114 valence electrons. The third kappa shape index (κ3) is 15.3. The SMILES string of the molecule is CC(COCCCCOS(C)(=O)=O)=NOC(C)(C)C. The number of ether oxygens (including phenoxy) is 1. The molecule has 0 aromatic heterocycles. The molecule has 0 heterocycles. The first kappa shape index (κ1) is 18.3.